The summed E-state index contributed by atoms with van der Waals surface area (Å²) in [7, 11) is 0. The van der Waals surface area contributed by atoms with Gasteiger partial charge in [-0.2, -0.15) is 0 Å². The molecule has 0 aromatic carbocycles. The van der Waals surface area contributed by atoms with Crippen LogP contribution in [0.3, 0.4) is 0 Å². The van der Waals surface area contributed by atoms with Gasteiger partial charge in [-0.25, -0.2) is 0 Å². The molecule has 0 aromatic heterocycles. The first kappa shape index (κ1) is 16.5. The van der Waals surface area contributed by atoms with Crippen LogP contribution in [0.5, 0.6) is 0 Å². The van der Waals surface area contributed by atoms with Crippen molar-refractivity contribution < 1.29 is 9.53 Å². The van der Waals surface area contributed by atoms with Gasteiger partial charge in [0, 0.05) is 5.54 Å². The minimum absolute atomic E-state index is 0.0589. The standard InChI is InChI=1S/C16H31NO2/c1-7-15(3,4)11-12-9-10-13(19-12)14(18)17-16(5,6)8-2/h12-13H,7-11H2,1-6H3,(H,17,18). The van der Waals surface area contributed by atoms with Gasteiger partial charge in [-0.3, -0.25) is 4.79 Å². The fourth-order valence-corrected chi connectivity index (χ4v) is 2.31. The van der Waals surface area contributed by atoms with Crippen LogP contribution in [-0.4, -0.2) is 23.7 Å². The lowest BCUT2D eigenvalue weighted by molar-refractivity contribution is -0.134. The smallest absolute Gasteiger partial charge is 0.249 e. The van der Waals surface area contributed by atoms with Crippen LogP contribution in [0.25, 0.3) is 0 Å². The second-order valence-electron chi connectivity index (χ2n) is 7.27. The fourth-order valence-electron chi connectivity index (χ4n) is 2.31. The zero-order valence-corrected chi connectivity index (χ0v) is 13.5. The Morgan fingerprint density at radius 3 is 2.32 bits per heavy atom. The molecule has 0 radical (unpaired) electrons. The van der Waals surface area contributed by atoms with Gasteiger partial charge in [0.15, 0.2) is 0 Å². The highest BCUT2D eigenvalue weighted by Gasteiger charge is 2.35. The summed E-state index contributed by atoms with van der Waals surface area (Å²) in [5, 5.41) is 3.08. The van der Waals surface area contributed by atoms with E-state index in [0.29, 0.717) is 5.41 Å². The van der Waals surface area contributed by atoms with E-state index in [9.17, 15) is 4.79 Å². The highest BCUT2D eigenvalue weighted by Crippen LogP contribution is 2.33. The van der Waals surface area contributed by atoms with Crippen molar-refractivity contribution >= 4 is 5.91 Å². The maximum absolute atomic E-state index is 12.2. The number of carbonyl (C=O) groups is 1. The van der Waals surface area contributed by atoms with E-state index >= 15 is 0 Å². The van der Waals surface area contributed by atoms with Gasteiger partial charge >= 0.3 is 0 Å². The van der Waals surface area contributed by atoms with Crippen LogP contribution in [0.4, 0.5) is 0 Å². The minimum Gasteiger partial charge on any atom is -0.365 e. The molecular formula is C16H31NO2. The third-order valence-electron chi connectivity index (χ3n) is 4.48. The maximum Gasteiger partial charge on any atom is 0.249 e. The summed E-state index contributed by atoms with van der Waals surface area (Å²) in [4.78, 5) is 12.2. The summed E-state index contributed by atoms with van der Waals surface area (Å²) >= 11 is 0. The molecule has 1 N–H and O–H groups in total. The topological polar surface area (TPSA) is 38.3 Å². The highest BCUT2D eigenvalue weighted by atomic mass is 16.5. The van der Waals surface area contributed by atoms with Crippen molar-refractivity contribution in [3.05, 3.63) is 0 Å². The lowest BCUT2D eigenvalue weighted by atomic mass is 9.83. The summed E-state index contributed by atoms with van der Waals surface area (Å²) in [6.45, 7) is 12.9. The molecule has 0 spiro atoms. The zero-order chi connectivity index (χ0) is 14.7. The second-order valence-corrected chi connectivity index (χ2v) is 7.27. The Kier molecular flexibility index (Phi) is 5.43. The number of hydrogen-bond donors (Lipinski definition) is 1. The number of nitrogens with one attached hydrogen (secondary N) is 1. The molecule has 0 aromatic rings. The summed E-state index contributed by atoms with van der Waals surface area (Å²) in [5.41, 5.74) is 0.167. The normalized spacial score (nSPS) is 24.5. The second kappa shape index (κ2) is 6.25. The van der Waals surface area contributed by atoms with Crippen LogP contribution in [0.15, 0.2) is 0 Å². The Balaban J connectivity index is 2.46. The summed E-state index contributed by atoms with van der Waals surface area (Å²) < 4.78 is 5.94. The molecule has 1 aliphatic rings. The van der Waals surface area contributed by atoms with Crippen molar-refractivity contribution in [3.8, 4) is 0 Å². The average molecular weight is 269 g/mol. The van der Waals surface area contributed by atoms with Crippen molar-refractivity contribution in [1.82, 2.24) is 5.32 Å². The summed E-state index contributed by atoms with van der Waals surface area (Å²) in [6.07, 6.45) is 4.98. The van der Waals surface area contributed by atoms with Crippen molar-refractivity contribution in [1.29, 1.82) is 0 Å². The molecule has 2 atom stereocenters. The first-order valence-electron chi connectivity index (χ1n) is 7.66. The van der Waals surface area contributed by atoms with Gasteiger partial charge in [0.1, 0.15) is 6.10 Å². The molecule has 0 saturated carbocycles. The van der Waals surface area contributed by atoms with Crippen LogP contribution in [-0.2, 0) is 9.53 Å². The molecule has 0 aliphatic carbocycles. The molecule has 0 bridgehead atoms. The largest absolute Gasteiger partial charge is 0.365 e. The number of rotatable bonds is 6. The minimum atomic E-state index is -0.247. The van der Waals surface area contributed by atoms with E-state index in [4.69, 9.17) is 4.74 Å². The van der Waals surface area contributed by atoms with Crippen molar-refractivity contribution in [2.45, 2.75) is 91.4 Å². The third kappa shape index (κ3) is 5.13. The van der Waals surface area contributed by atoms with Gasteiger partial charge in [-0.1, -0.05) is 34.1 Å². The van der Waals surface area contributed by atoms with Crippen LogP contribution < -0.4 is 5.32 Å². The highest BCUT2D eigenvalue weighted by molar-refractivity contribution is 5.81. The van der Waals surface area contributed by atoms with Crippen molar-refractivity contribution in [3.63, 3.8) is 0 Å². The lowest BCUT2D eigenvalue weighted by Crippen LogP contribution is -2.47. The van der Waals surface area contributed by atoms with Gasteiger partial charge in [-0.15, -0.1) is 0 Å². The molecule has 112 valence electrons. The molecule has 1 fully saturated rings. The molecule has 3 heteroatoms. The Hall–Kier alpha value is -0.570. The molecule has 2 unspecified atom stereocenters. The SMILES string of the molecule is CCC(C)(C)CC1CCC(C(=O)NC(C)(C)CC)O1. The lowest BCUT2D eigenvalue weighted by Gasteiger charge is -2.28. The Morgan fingerprint density at radius 2 is 1.79 bits per heavy atom. The van der Waals surface area contributed by atoms with E-state index in [-0.39, 0.29) is 23.7 Å². The number of amides is 1. The zero-order valence-electron chi connectivity index (χ0n) is 13.5. The summed E-state index contributed by atoms with van der Waals surface area (Å²) in [6, 6.07) is 0. The Bertz CT molecular complexity index is 310. The van der Waals surface area contributed by atoms with Crippen molar-refractivity contribution in [2.24, 2.45) is 5.41 Å². The van der Waals surface area contributed by atoms with E-state index in [1.54, 1.807) is 0 Å². The maximum atomic E-state index is 12.2. The van der Waals surface area contributed by atoms with Gasteiger partial charge in [0.2, 0.25) is 5.91 Å². The van der Waals surface area contributed by atoms with E-state index in [1.165, 1.54) is 0 Å². The van der Waals surface area contributed by atoms with Gasteiger partial charge in [0.05, 0.1) is 6.10 Å². The molecule has 1 heterocycles. The monoisotopic (exact) mass is 269 g/mol. The van der Waals surface area contributed by atoms with Gasteiger partial charge in [-0.05, 0) is 44.9 Å². The first-order chi connectivity index (χ1) is 8.69. The van der Waals surface area contributed by atoms with Gasteiger partial charge < -0.3 is 10.1 Å². The van der Waals surface area contributed by atoms with E-state index in [0.717, 1.165) is 32.1 Å². The average Bonchev–Trinajstić information content (AvgIpc) is 2.76. The van der Waals surface area contributed by atoms with Crippen LogP contribution in [0.1, 0.15) is 73.6 Å². The fraction of sp³-hybridized carbons (Fsp3) is 0.938. The van der Waals surface area contributed by atoms with Crippen LogP contribution >= 0.6 is 0 Å². The van der Waals surface area contributed by atoms with E-state index in [1.807, 2.05) is 0 Å². The molecule has 1 saturated heterocycles. The molecule has 1 rings (SSSR count). The molecule has 1 amide bonds. The molecular weight excluding hydrogens is 238 g/mol. The predicted octanol–water partition coefficient (Wildman–Crippen LogP) is 3.67. The third-order valence-corrected chi connectivity index (χ3v) is 4.48. The van der Waals surface area contributed by atoms with E-state index < -0.39 is 0 Å². The number of hydrogen-bond acceptors (Lipinski definition) is 2. The van der Waals surface area contributed by atoms with E-state index in [2.05, 4.69) is 46.9 Å². The quantitative estimate of drug-likeness (QED) is 0.799. The van der Waals surface area contributed by atoms with Crippen molar-refractivity contribution in [2.75, 3.05) is 0 Å². The van der Waals surface area contributed by atoms with Crippen LogP contribution in [0, 0.1) is 5.41 Å². The van der Waals surface area contributed by atoms with Crippen LogP contribution in [0.2, 0.25) is 0 Å². The summed E-state index contributed by atoms with van der Waals surface area (Å²) in [5.74, 6) is 0.0589. The number of carbonyl (C=O) groups excluding carboxylic acids is 1. The Labute approximate surface area is 118 Å². The molecule has 1 aliphatic heterocycles. The predicted molar refractivity (Wildman–Crippen MR) is 79.1 cm³/mol. The molecule has 19 heavy (non-hydrogen) atoms. The van der Waals surface area contributed by atoms with Gasteiger partial charge in [0.25, 0.3) is 0 Å². The number of ether oxygens (including phenoxy) is 1. The first-order valence-corrected chi connectivity index (χ1v) is 7.66. The molecule has 3 nitrogen and oxygen atoms in total. The Morgan fingerprint density at radius 1 is 1.16 bits per heavy atom.